The van der Waals surface area contributed by atoms with Crippen LogP contribution in [0.5, 0.6) is 0 Å². The second-order valence-electron chi connectivity index (χ2n) is 11.0. The maximum absolute atomic E-state index is 12.8. The summed E-state index contributed by atoms with van der Waals surface area (Å²) < 4.78 is 0. The van der Waals surface area contributed by atoms with Gasteiger partial charge < -0.3 is 5.32 Å². The Kier molecular flexibility index (Phi) is 8.13. The van der Waals surface area contributed by atoms with Crippen molar-refractivity contribution in [3.63, 3.8) is 0 Å². The second kappa shape index (κ2) is 10.7. The average Bonchev–Trinajstić information content (AvgIpc) is 2.79. The van der Waals surface area contributed by atoms with Gasteiger partial charge in [-0.15, -0.1) is 0 Å². The normalized spacial score (nSPS) is 23.2. The Hall–Kier alpha value is -2.73. The Morgan fingerprint density at radius 2 is 2.09 bits per heavy atom. The van der Waals surface area contributed by atoms with Gasteiger partial charge >= 0.3 is 158 Å². The number of rotatable bonds is 8. The number of nitrogens with one attached hydrogen (secondary N) is 5. The van der Waals surface area contributed by atoms with Crippen LogP contribution in [-0.4, -0.2) is 62.2 Å². The summed E-state index contributed by atoms with van der Waals surface area (Å²) >= 11 is 0. The van der Waals surface area contributed by atoms with Crippen molar-refractivity contribution < 1.29 is 4.79 Å². The minimum atomic E-state index is -1.23. The maximum atomic E-state index is 12.8. The molecule has 0 spiro atoms. The molecular formula is C25H40N7OP. The minimum absolute atomic E-state index is 0.0512. The molecule has 2 aliphatic rings. The van der Waals surface area contributed by atoms with Crippen LogP contribution in [0.15, 0.2) is 41.3 Å². The van der Waals surface area contributed by atoms with Crippen molar-refractivity contribution in [2.24, 2.45) is 10.4 Å². The summed E-state index contributed by atoms with van der Waals surface area (Å²) in [6.45, 7) is 11.4. The predicted octanol–water partition coefficient (Wildman–Crippen LogP) is 3.96. The van der Waals surface area contributed by atoms with Gasteiger partial charge in [0.1, 0.15) is 5.82 Å². The zero-order valence-corrected chi connectivity index (χ0v) is 22.2. The molecule has 8 nitrogen and oxygen atoms in total. The summed E-state index contributed by atoms with van der Waals surface area (Å²) in [5, 5.41) is 21.1. The van der Waals surface area contributed by atoms with Gasteiger partial charge in [-0.05, 0) is 6.08 Å². The fourth-order valence-corrected chi connectivity index (χ4v) is 4.94. The SMILES string of the molecule is CNc1nc(C2CCC(C)(C)C(NC(=O)C(=N)/C=C3/N=CC=CN3)C2)ccc1NC[PH](C)(C)C. The molecule has 1 aliphatic heterocycles. The monoisotopic (exact) mass is 485 g/mol. The summed E-state index contributed by atoms with van der Waals surface area (Å²) in [4.78, 5) is 21.9. The van der Waals surface area contributed by atoms with E-state index in [9.17, 15) is 4.79 Å². The van der Waals surface area contributed by atoms with Crippen LogP contribution in [-0.2, 0) is 4.79 Å². The summed E-state index contributed by atoms with van der Waals surface area (Å²) in [7, 11) is 0.673. The first kappa shape index (κ1) is 25.9. The number of carbonyl (C=O) groups is 1. The van der Waals surface area contributed by atoms with E-state index < -0.39 is 7.26 Å². The Balaban J connectivity index is 1.70. The van der Waals surface area contributed by atoms with Crippen LogP contribution in [0, 0.1) is 10.8 Å². The first-order valence-electron chi connectivity index (χ1n) is 12.0. The van der Waals surface area contributed by atoms with Crippen LogP contribution in [0.25, 0.3) is 0 Å². The summed E-state index contributed by atoms with van der Waals surface area (Å²) in [6.07, 6.45) is 10.3. The van der Waals surface area contributed by atoms with Crippen molar-refractivity contribution in [3.05, 3.63) is 42.0 Å². The van der Waals surface area contributed by atoms with E-state index >= 15 is 0 Å². The molecule has 1 saturated carbocycles. The van der Waals surface area contributed by atoms with Gasteiger partial charge in [0.25, 0.3) is 0 Å². The number of hydrogen-bond acceptors (Lipinski definition) is 7. The van der Waals surface area contributed by atoms with Crippen molar-refractivity contribution >= 4 is 36.6 Å². The molecule has 0 radical (unpaired) electrons. The molecule has 1 aliphatic carbocycles. The number of pyridine rings is 1. The van der Waals surface area contributed by atoms with Gasteiger partial charge in [0.2, 0.25) is 0 Å². The Bertz CT molecular complexity index is 1010. The van der Waals surface area contributed by atoms with Crippen LogP contribution in [0.3, 0.4) is 0 Å². The van der Waals surface area contributed by atoms with Crippen LogP contribution in [0.4, 0.5) is 11.5 Å². The van der Waals surface area contributed by atoms with Crippen molar-refractivity contribution in [1.82, 2.24) is 15.6 Å². The molecule has 9 heteroatoms. The van der Waals surface area contributed by atoms with Gasteiger partial charge in [0.05, 0.1) is 0 Å². The van der Waals surface area contributed by atoms with Crippen molar-refractivity contribution in [3.8, 4) is 0 Å². The van der Waals surface area contributed by atoms with Gasteiger partial charge in [0.15, 0.2) is 0 Å². The van der Waals surface area contributed by atoms with Crippen molar-refractivity contribution in [2.75, 3.05) is 44.0 Å². The van der Waals surface area contributed by atoms with E-state index in [1.807, 2.05) is 7.05 Å². The molecule has 2 unspecified atom stereocenters. The van der Waals surface area contributed by atoms with Gasteiger partial charge in [0, 0.05) is 18.5 Å². The summed E-state index contributed by atoms with van der Waals surface area (Å²) in [5.74, 6) is 1.21. The third-order valence-corrected chi connectivity index (χ3v) is 7.68. The molecular weight excluding hydrogens is 445 g/mol. The van der Waals surface area contributed by atoms with Gasteiger partial charge in [-0.25, -0.2) is 4.99 Å². The number of allylic oxidation sites excluding steroid dienone is 1. The topological polar surface area (TPSA) is 114 Å². The second-order valence-corrected chi connectivity index (χ2v) is 16.5. The zero-order chi connectivity index (χ0) is 24.9. The number of aliphatic imine (C=N–C) groups is 1. The molecule has 2 heterocycles. The number of anilines is 2. The molecule has 1 fully saturated rings. The molecule has 1 amide bonds. The fraction of sp³-hybridized carbons (Fsp3) is 0.520. The molecule has 5 N–H and O–H groups in total. The number of aromatic nitrogens is 1. The molecule has 1 aromatic heterocycles. The standard InChI is InChI=1S/C25H40N7OP/c1-25(2)11-10-17(19-8-9-20(23(27-3)31-19)30-16-34(4,5)6)14-21(25)32-24(33)18(26)15-22-28-12-7-13-29-22/h7-9,12-13,15,17,21,26,28,30,34H,10-11,14,16H2,1-6H3,(H,27,31)(H,32,33)/b22-15+,26-18?. The molecule has 0 aromatic carbocycles. The molecule has 34 heavy (non-hydrogen) atoms. The van der Waals surface area contributed by atoms with E-state index in [0.29, 0.717) is 5.82 Å². The van der Waals surface area contributed by atoms with Crippen LogP contribution < -0.4 is 21.3 Å². The number of amides is 1. The van der Waals surface area contributed by atoms with Crippen molar-refractivity contribution in [2.45, 2.75) is 45.1 Å². The molecule has 186 valence electrons. The quantitative estimate of drug-likeness (QED) is 0.283. The Morgan fingerprint density at radius 3 is 2.74 bits per heavy atom. The Labute approximate surface area is 204 Å². The van der Waals surface area contributed by atoms with E-state index in [-0.39, 0.29) is 29.0 Å². The van der Waals surface area contributed by atoms with Crippen LogP contribution in [0.2, 0.25) is 0 Å². The number of nitrogens with zero attached hydrogens (tertiary/aromatic N) is 2. The molecule has 2 atom stereocenters. The van der Waals surface area contributed by atoms with Crippen LogP contribution in [0.1, 0.15) is 44.7 Å². The molecule has 0 saturated heterocycles. The fourth-order valence-electron chi connectivity index (χ4n) is 4.21. The number of carbonyl (C=O) groups excluding carboxylic acids is 1. The van der Waals surface area contributed by atoms with Gasteiger partial charge in [-0.1, -0.05) is 0 Å². The zero-order valence-electron chi connectivity index (χ0n) is 21.2. The van der Waals surface area contributed by atoms with Crippen molar-refractivity contribution in [1.29, 1.82) is 5.41 Å². The summed E-state index contributed by atoms with van der Waals surface area (Å²) in [5.41, 5.74) is 1.91. The van der Waals surface area contributed by atoms with E-state index in [1.165, 1.54) is 6.08 Å². The van der Waals surface area contributed by atoms with E-state index in [0.717, 1.165) is 42.7 Å². The van der Waals surface area contributed by atoms with E-state index in [1.54, 1.807) is 18.5 Å². The molecule has 0 bridgehead atoms. The van der Waals surface area contributed by atoms with Gasteiger partial charge in [-0.2, -0.15) is 0 Å². The third kappa shape index (κ3) is 6.89. The molecule has 3 rings (SSSR count). The Morgan fingerprint density at radius 1 is 1.32 bits per heavy atom. The van der Waals surface area contributed by atoms with Gasteiger partial charge in [-0.3, -0.25) is 5.41 Å². The average molecular weight is 486 g/mol. The number of hydrogen-bond donors (Lipinski definition) is 5. The van der Waals surface area contributed by atoms with E-state index in [2.05, 4.69) is 72.2 Å². The van der Waals surface area contributed by atoms with E-state index in [4.69, 9.17) is 10.4 Å². The summed E-state index contributed by atoms with van der Waals surface area (Å²) in [6, 6.07) is 4.18. The third-order valence-electron chi connectivity index (χ3n) is 6.44. The molecule has 1 aromatic rings. The predicted molar refractivity (Wildman–Crippen MR) is 147 cm³/mol. The van der Waals surface area contributed by atoms with Crippen LogP contribution >= 0.6 is 7.26 Å². The first-order chi connectivity index (χ1) is 16.0. The first-order valence-corrected chi connectivity index (χ1v) is 15.7.